The van der Waals surface area contributed by atoms with Crippen molar-refractivity contribution in [3.05, 3.63) is 188 Å². The lowest BCUT2D eigenvalue weighted by atomic mass is 10.2. The number of nitro groups is 2. The molecule has 0 fully saturated rings. The summed E-state index contributed by atoms with van der Waals surface area (Å²) < 4.78 is 85.3. The number of hydrogen-bond acceptors (Lipinski definition) is 20. The molecule has 7 aromatic rings. The number of carboxylic acid groups (broad SMARTS) is 1. The molecule has 85 heavy (non-hydrogen) atoms. The Balaban J connectivity index is 0.000000980. The van der Waals surface area contributed by atoms with E-state index in [4.69, 9.17) is 56.2 Å². The van der Waals surface area contributed by atoms with Gasteiger partial charge in [0.25, 0.3) is 22.4 Å². The lowest BCUT2D eigenvalue weighted by Crippen LogP contribution is -2.35. The van der Waals surface area contributed by atoms with E-state index in [0.29, 0.717) is 47.5 Å². The first-order valence-corrected chi connectivity index (χ1v) is 29.7. The van der Waals surface area contributed by atoms with E-state index in [1.165, 1.54) is 49.6 Å². The Morgan fingerprint density at radius 3 is 1.54 bits per heavy atom. The molecular weight excluding hydrogens is 1240 g/mol. The average Bonchev–Trinajstić information content (AvgIpc) is 1.81. The first kappa shape index (κ1) is 76.6. The van der Waals surface area contributed by atoms with Crippen LogP contribution in [0.1, 0.15) is 34.6 Å². The van der Waals surface area contributed by atoms with Crippen LogP contribution in [0, 0.1) is 26.0 Å². The van der Waals surface area contributed by atoms with Gasteiger partial charge in [-0.05, 0) is 112 Å². The van der Waals surface area contributed by atoms with Gasteiger partial charge >= 0.3 is 26.1 Å². The average molecular weight is 1310 g/mol. The highest BCUT2D eigenvalue weighted by molar-refractivity contribution is 7.95. The number of nitrogens with zero attached hydrogens (tertiary/aromatic N) is 9. The Bertz CT molecular complexity index is 3520. The zero-order valence-corrected chi connectivity index (χ0v) is 50.9. The Morgan fingerprint density at radius 2 is 1.09 bits per heavy atom. The Morgan fingerprint density at radius 1 is 0.671 bits per heavy atom. The maximum Gasteiger partial charge on any atom is 0.332 e. The standard InChI is InChI=1S/C12H11ClN4O2S.C8H10N2O2S.C8H10N2O2.C8H12N2.C6H4FNO2.C4H2Cl2N2.C2H7N.CH2O2.H4N2O2S.H3N/c1-2-16-9-5-3-4-6-10(9)17(20(16,18)19)11-7-8-14-12(13)15-11;1-2-10-8-6-4-3-5-7(8)9-13(10,11)12;1-2-9-7-5-3-4-6-8(7)10(11)12;1-2-10-8-6-4-3-5-7(8)9;7-5-3-1-2-4-6(5)8(9)10;5-3-1-2-7-4(6)8-3;1-2-3;2-1-3;1-5(2,3)4;/h3-8H,2H2,1H3;3-6,9H,2H2,1H3;3-6,9H,2H2,1H3;3-6,10H,2,9H2,1H3;1-4H;1-2H;2-3H2,1H3;1H,(H,2,3);(H4,1,2,3,4);1H3. The van der Waals surface area contributed by atoms with Gasteiger partial charge in [0.15, 0.2) is 5.82 Å². The minimum absolute atomic E-state index is 0. The van der Waals surface area contributed by atoms with Crippen LogP contribution in [0.3, 0.4) is 0 Å². The second-order valence-electron chi connectivity index (χ2n) is 15.3. The van der Waals surface area contributed by atoms with Crippen molar-refractivity contribution in [2.75, 3.05) is 66.7 Å². The van der Waals surface area contributed by atoms with Crippen molar-refractivity contribution in [3.63, 3.8) is 0 Å². The van der Waals surface area contributed by atoms with Crippen LogP contribution in [-0.4, -0.2) is 99.3 Å². The Hall–Kier alpha value is -8.38. The van der Waals surface area contributed by atoms with Crippen molar-refractivity contribution in [1.29, 1.82) is 0 Å². The van der Waals surface area contributed by atoms with Crippen LogP contribution in [0.5, 0.6) is 0 Å². The molecule has 0 atom stereocenters. The summed E-state index contributed by atoms with van der Waals surface area (Å²) in [6, 6.07) is 36.7. The summed E-state index contributed by atoms with van der Waals surface area (Å²) >= 11 is 16.5. The summed E-state index contributed by atoms with van der Waals surface area (Å²) in [5.41, 5.74) is 15.1. The van der Waals surface area contributed by atoms with Gasteiger partial charge in [0.2, 0.25) is 16.4 Å². The quantitative estimate of drug-likeness (QED) is 0.0163. The lowest BCUT2D eigenvalue weighted by molar-refractivity contribution is -0.387. The molecule has 0 spiro atoms. The van der Waals surface area contributed by atoms with E-state index in [2.05, 4.69) is 45.6 Å². The molecule has 0 unspecified atom stereocenters. The number of carbonyl (C=O) groups is 1. The van der Waals surface area contributed by atoms with Gasteiger partial charge in [-0.15, -0.1) is 0 Å². The number of para-hydroxylation sites is 9. The molecule has 0 saturated heterocycles. The predicted octanol–water partition coefficient (Wildman–Crippen LogP) is 8.76. The second kappa shape index (κ2) is 39.2. The van der Waals surface area contributed by atoms with Crippen molar-refractivity contribution in [2.45, 2.75) is 34.6 Å². The van der Waals surface area contributed by atoms with E-state index < -0.39 is 52.0 Å². The molecule has 2 aliphatic rings. The van der Waals surface area contributed by atoms with E-state index in [1.807, 2.05) is 51.1 Å². The number of anilines is 8. The van der Waals surface area contributed by atoms with E-state index in [1.54, 1.807) is 80.6 Å². The number of halogens is 4. The maximum absolute atomic E-state index is 12.6. The summed E-state index contributed by atoms with van der Waals surface area (Å²) in [7, 11) is -10.7. The fourth-order valence-corrected chi connectivity index (χ4v) is 9.84. The van der Waals surface area contributed by atoms with Crippen LogP contribution in [0.2, 0.25) is 15.7 Å². The molecular formula is C49H65Cl3FN17O12S3. The van der Waals surface area contributed by atoms with Gasteiger partial charge in [-0.3, -0.25) is 38.4 Å². The van der Waals surface area contributed by atoms with Crippen LogP contribution in [0.15, 0.2) is 146 Å². The molecule has 0 amide bonds. The third kappa shape index (κ3) is 26.8. The Labute approximate surface area is 506 Å². The summed E-state index contributed by atoms with van der Waals surface area (Å²) in [4.78, 5) is 42.6. The molecule has 2 aliphatic heterocycles. The van der Waals surface area contributed by atoms with E-state index in [0.717, 1.165) is 42.3 Å². The molecule has 2 aromatic heterocycles. The molecule has 0 radical (unpaired) electrons. The normalized spacial score (nSPS) is 12.0. The van der Waals surface area contributed by atoms with Crippen LogP contribution in [-0.2, 0) is 35.4 Å². The van der Waals surface area contributed by atoms with Crippen LogP contribution in [0.25, 0.3) is 0 Å². The number of fused-ring (bicyclic) bond motifs is 2. The number of nitrogens with one attached hydrogen (secondary N) is 3. The number of nitrogens with two attached hydrogens (primary N) is 4. The number of hydrogen-bond donors (Lipinski definition) is 9. The molecule has 0 saturated carbocycles. The minimum atomic E-state index is -3.69. The van der Waals surface area contributed by atoms with Crippen LogP contribution >= 0.6 is 34.8 Å². The van der Waals surface area contributed by atoms with E-state index in [9.17, 15) is 49.9 Å². The fraction of sp³-hybridized carbons (Fsp3) is 0.204. The number of benzene rings is 5. The largest absolute Gasteiger partial charge is 0.483 e. The molecule has 5 aromatic carbocycles. The first-order valence-electron chi connectivity index (χ1n) is 24.1. The topological polar surface area (TPSA) is 462 Å². The van der Waals surface area contributed by atoms with E-state index in [-0.39, 0.29) is 34.7 Å². The zero-order chi connectivity index (χ0) is 63.6. The summed E-state index contributed by atoms with van der Waals surface area (Å²) in [6.45, 7) is 12.3. The third-order valence-corrected chi connectivity index (χ3v) is 13.4. The zero-order valence-electron chi connectivity index (χ0n) is 46.2. The fourth-order valence-electron chi connectivity index (χ4n) is 6.39. The molecule has 4 heterocycles. The molecule has 464 valence electrons. The van der Waals surface area contributed by atoms with Crippen molar-refractivity contribution < 1.29 is 49.4 Å². The van der Waals surface area contributed by atoms with Gasteiger partial charge < -0.3 is 33.4 Å². The monoisotopic (exact) mass is 1300 g/mol. The summed E-state index contributed by atoms with van der Waals surface area (Å²) in [5.74, 6) is -0.569. The van der Waals surface area contributed by atoms with Gasteiger partial charge in [-0.25, -0.2) is 29.5 Å². The number of nitro benzene ring substituents is 2. The first-order chi connectivity index (χ1) is 39.6. The van der Waals surface area contributed by atoms with Gasteiger partial charge in [-0.1, -0.05) is 79.2 Å². The molecule has 15 N–H and O–H groups in total. The number of nitrogen functional groups attached to an aromatic ring is 1. The second-order valence-corrected chi connectivity index (χ2v) is 20.8. The third-order valence-electron chi connectivity index (χ3n) is 9.41. The SMILES string of the molecule is CCN.CCN1c2ccccc2N(c2ccnc(Cl)n2)S1(=O)=O.CCN1c2ccccc2NS1(=O)=O.CCNc1ccccc1N.CCNc1ccccc1[N+](=O)[O-].Clc1ccnc(Cl)n1.N.NS(N)(=O)=O.O=CO.O=[N+]([O-])c1ccccc1F. The van der Waals surface area contributed by atoms with Gasteiger partial charge in [0.1, 0.15) is 10.8 Å². The molecule has 9 rings (SSSR count). The Kier molecular flexibility index (Phi) is 35.3. The van der Waals surface area contributed by atoms with Crippen molar-refractivity contribution in [2.24, 2.45) is 16.0 Å². The van der Waals surface area contributed by atoms with Gasteiger partial charge in [-0.2, -0.15) is 34.6 Å². The highest BCUT2D eigenvalue weighted by atomic mass is 35.5. The van der Waals surface area contributed by atoms with Crippen molar-refractivity contribution in [1.82, 2.24) is 26.1 Å². The smallest absolute Gasteiger partial charge is 0.332 e. The van der Waals surface area contributed by atoms with Gasteiger partial charge in [0, 0.05) is 56.8 Å². The summed E-state index contributed by atoms with van der Waals surface area (Å²) in [6.07, 6.45) is 2.93. The van der Waals surface area contributed by atoms with Crippen molar-refractivity contribution in [3.8, 4) is 0 Å². The number of aromatic nitrogens is 4. The van der Waals surface area contributed by atoms with Crippen LogP contribution in [0.4, 0.5) is 61.4 Å². The molecule has 0 bridgehead atoms. The summed E-state index contributed by atoms with van der Waals surface area (Å²) in [5, 5.41) is 42.2. The molecule has 36 heteroatoms. The van der Waals surface area contributed by atoms with Crippen molar-refractivity contribution >= 4 is 129 Å². The van der Waals surface area contributed by atoms with Crippen LogP contribution < -0.4 is 56.2 Å². The predicted molar refractivity (Wildman–Crippen MR) is 333 cm³/mol. The van der Waals surface area contributed by atoms with E-state index >= 15 is 0 Å². The van der Waals surface area contributed by atoms with Gasteiger partial charge in [0.05, 0.1) is 44.0 Å². The highest BCUT2D eigenvalue weighted by Gasteiger charge is 2.41. The number of rotatable bonds is 9. The lowest BCUT2D eigenvalue weighted by Gasteiger charge is -2.19. The molecule has 29 nitrogen and oxygen atoms in total. The maximum atomic E-state index is 12.6. The highest BCUT2D eigenvalue weighted by Crippen LogP contribution is 2.44. The molecule has 0 aliphatic carbocycles. The minimum Gasteiger partial charge on any atom is -0.483 e.